The average Bonchev–Trinajstić information content (AvgIpc) is 3.61. The topological polar surface area (TPSA) is 66.7 Å². The summed E-state index contributed by atoms with van der Waals surface area (Å²) in [5, 5.41) is 2.87. The molecule has 0 aliphatic carbocycles. The van der Waals surface area contributed by atoms with E-state index < -0.39 is 6.17 Å². The molecule has 0 unspecified atom stereocenters. The Balaban J connectivity index is 1.12. The molecular formula is C29H30F2N4O2S. The van der Waals surface area contributed by atoms with Crippen molar-refractivity contribution in [1.29, 1.82) is 0 Å². The molecule has 2 fully saturated rings. The summed E-state index contributed by atoms with van der Waals surface area (Å²) in [5.74, 6) is -0.239. The van der Waals surface area contributed by atoms with Crippen LogP contribution in [0, 0.1) is 5.82 Å². The number of carbonyl (C=O) groups is 2. The van der Waals surface area contributed by atoms with Gasteiger partial charge in [0.25, 0.3) is 0 Å². The van der Waals surface area contributed by atoms with Crippen molar-refractivity contribution in [3.05, 3.63) is 59.5 Å². The minimum absolute atomic E-state index is 0.00289. The van der Waals surface area contributed by atoms with Gasteiger partial charge in [-0.15, -0.1) is 0 Å². The number of fused-ring (bicyclic) bond motifs is 3. The van der Waals surface area contributed by atoms with E-state index in [0.717, 1.165) is 53.2 Å². The van der Waals surface area contributed by atoms with Gasteiger partial charge in [0.15, 0.2) is 10.7 Å². The maximum atomic E-state index is 15.0. The van der Waals surface area contributed by atoms with Gasteiger partial charge in [-0.2, -0.15) is 0 Å². The molecule has 2 aliphatic rings. The van der Waals surface area contributed by atoms with Crippen LogP contribution in [-0.2, 0) is 4.79 Å². The first-order valence-corrected chi connectivity index (χ1v) is 14.2. The predicted octanol–water partition coefficient (Wildman–Crippen LogP) is 6.09. The van der Waals surface area contributed by atoms with Crippen LogP contribution in [0.3, 0.4) is 0 Å². The van der Waals surface area contributed by atoms with Crippen molar-refractivity contribution in [2.45, 2.75) is 57.2 Å². The van der Waals surface area contributed by atoms with E-state index in [2.05, 4.69) is 15.2 Å². The Labute approximate surface area is 223 Å². The SMILES string of the molecule is O=C1CC[C@@H](c2ccc(-c3cn4c(n3)sc3cc(C(=O)CCCCN5CCC(F)CC5)ccc34)c(F)c2)N1. The molecule has 2 aliphatic heterocycles. The summed E-state index contributed by atoms with van der Waals surface area (Å²) < 4.78 is 31.2. The summed E-state index contributed by atoms with van der Waals surface area (Å²) in [6, 6.07) is 10.6. The highest BCUT2D eigenvalue weighted by Gasteiger charge is 2.24. The number of piperidine rings is 1. The zero-order valence-corrected chi connectivity index (χ0v) is 21.9. The summed E-state index contributed by atoms with van der Waals surface area (Å²) in [4.78, 5) is 32.0. The third-order valence-corrected chi connectivity index (χ3v) is 8.75. The molecule has 1 N–H and O–H groups in total. The molecule has 4 aromatic rings. The lowest BCUT2D eigenvalue weighted by Gasteiger charge is -2.28. The van der Waals surface area contributed by atoms with Crippen molar-refractivity contribution in [3.8, 4) is 11.3 Å². The molecular weight excluding hydrogens is 506 g/mol. The molecule has 198 valence electrons. The van der Waals surface area contributed by atoms with E-state index in [0.29, 0.717) is 48.9 Å². The second-order valence-corrected chi connectivity index (χ2v) is 11.4. The summed E-state index contributed by atoms with van der Waals surface area (Å²) in [6.45, 7) is 2.54. The molecule has 0 spiro atoms. The monoisotopic (exact) mass is 536 g/mol. The second kappa shape index (κ2) is 10.5. The lowest BCUT2D eigenvalue weighted by atomic mass is 10.0. The number of likely N-dealkylation sites (tertiary alicyclic amines) is 1. The van der Waals surface area contributed by atoms with Gasteiger partial charge in [-0.3, -0.25) is 14.0 Å². The number of ketones is 1. The fourth-order valence-electron chi connectivity index (χ4n) is 5.51. The summed E-state index contributed by atoms with van der Waals surface area (Å²) in [5.41, 5.74) is 3.36. The normalized spacial score (nSPS) is 19.0. The number of rotatable bonds is 8. The van der Waals surface area contributed by atoms with Crippen LogP contribution in [0.2, 0.25) is 0 Å². The van der Waals surface area contributed by atoms with Crippen LogP contribution < -0.4 is 5.32 Å². The number of benzene rings is 2. The number of Topliss-reactive ketones (excluding diaryl/α,β-unsaturated/α-hetero) is 1. The first kappa shape index (κ1) is 25.1. The Kier molecular flexibility index (Phi) is 6.97. The van der Waals surface area contributed by atoms with E-state index in [4.69, 9.17) is 0 Å². The zero-order valence-electron chi connectivity index (χ0n) is 21.1. The number of hydrogen-bond donors (Lipinski definition) is 1. The van der Waals surface area contributed by atoms with E-state index in [9.17, 15) is 14.0 Å². The van der Waals surface area contributed by atoms with Gasteiger partial charge in [-0.1, -0.05) is 17.4 Å². The number of thiazole rings is 1. The standard InChI is InChI=1S/C29H30F2N4O2S/c30-20-10-13-34(14-11-20)12-2-1-3-26(36)19-5-8-25-27(16-19)38-29-33-24(17-35(25)29)21-6-4-18(15-22(21)31)23-7-9-28(37)32-23/h4-6,8,15-17,20,23H,1-3,7,9-14H2,(H,32,37)/t23-/m0/s1. The highest BCUT2D eigenvalue weighted by atomic mass is 32.1. The van der Waals surface area contributed by atoms with Gasteiger partial charge in [0.05, 0.1) is 22.0 Å². The van der Waals surface area contributed by atoms with Gasteiger partial charge in [-0.25, -0.2) is 13.8 Å². The predicted molar refractivity (Wildman–Crippen MR) is 145 cm³/mol. The number of hydrogen-bond acceptors (Lipinski definition) is 5. The molecule has 4 heterocycles. The van der Waals surface area contributed by atoms with Gasteiger partial charge < -0.3 is 10.2 Å². The van der Waals surface area contributed by atoms with Crippen LogP contribution in [-0.4, -0.2) is 51.8 Å². The van der Waals surface area contributed by atoms with Crippen molar-refractivity contribution in [1.82, 2.24) is 19.6 Å². The Morgan fingerprint density at radius 1 is 1.11 bits per heavy atom. The molecule has 1 atom stereocenters. The maximum absolute atomic E-state index is 15.0. The van der Waals surface area contributed by atoms with Crippen LogP contribution >= 0.6 is 11.3 Å². The Morgan fingerprint density at radius 3 is 2.71 bits per heavy atom. The highest BCUT2D eigenvalue weighted by Crippen LogP contribution is 2.33. The number of imidazole rings is 1. The minimum atomic E-state index is -0.657. The van der Waals surface area contributed by atoms with E-state index >= 15 is 4.39 Å². The number of aromatic nitrogens is 2. The van der Waals surface area contributed by atoms with Crippen LogP contribution in [0.5, 0.6) is 0 Å². The summed E-state index contributed by atoms with van der Waals surface area (Å²) in [7, 11) is 0. The molecule has 2 saturated heterocycles. The number of alkyl halides is 1. The van der Waals surface area contributed by atoms with Crippen molar-refractivity contribution in [3.63, 3.8) is 0 Å². The number of nitrogens with zero attached hydrogens (tertiary/aromatic N) is 3. The molecule has 6 nitrogen and oxygen atoms in total. The molecule has 0 bridgehead atoms. The van der Waals surface area contributed by atoms with Crippen molar-refractivity contribution >= 4 is 38.2 Å². The molecule has 2 aromatic heterocycles. The number of nitrogens with one attached hydrogen (secondary N) is 1. The average molecular weight is 537 g/mol. The number of carbonyl (C=O) groups excluding carboxylic acids is 2. The Bertz CT molecular complexity index is 1510. The highest BCUT2D eigenvalue weighted by molar-refractivity contribution is 7.23. The lowest BCUT2D eigenvalue weighted by molar-refractivity contribution is -0.119. The van der Waals surface area contributed by atoms with Crippen LogP contribution in [0.25, 0.3) is 26.4 Å². The van der Waals surface area contributed by atoms with Crippen molar-refractivity contribution in [2.24, 2.45) is 0 Å². The summed E-state index contributed by atoms with van der Waals surface area (Å²) >= 11 is 1.48. The van der Waals surface area contributed by atoms with Gasteiger partial charge >= 0.3 is 0 Å². The number of halogens is 2. The Morgan fingerprint density at radius 2 is 1.95 bits per heavy atom. The fraction of sp³-hybridized carbons (Fsp3) is 0.414. The first-order chi connectivity index (χ1) is 18.4. The van der Waals surface area contributed by atoms with Crippen molar-refractivity contribution in [2.75, 3.05) is 19.6 Å². The van der Waals surface area contributed by atoms with E-state index in [1.165, 1.54) is 17.4 Å². The van der Waals surface area contributed by atoms with Crippen LogP contribution in [0.1, 0.15) is 66.9 Å². The summed E-state index contributed by atoms with van der Waals surface area (Å²) in [6.07, 6.45) is 5.81. The van der Waals surface area contributed by atoms with Crippen LogP contribution in [0.15, 0.2) is 42.6 Å². The molecule has 1 amide bonds. The third kappa shape index (κ3) is 5.09. The fourth-order valence-corrected chi connectivity index (χ4v) is 6.56. The van der Waals surface area contributed by atoms with Gasteiger partial charge in [0.1, 0.15) is 12.0 Å². The smallest absolute Gasteiger partial charge is 0.220 e. The minimum Gasteiger partial charge on any atom is -0.349 e. The molecule has 2 aromatic carbocycles. The van der Waals surface area contributed by atoms with E-state index in [1.54, 1.807) is 6.07 Å². The molecule has 9 heteroatoms. The van der Waals surface area contributed by atoms with Gasteiger partial charge in [-0.05, 0) is 74.5 Å². The number of amides is 1. The van der Waals surface area contributed by atoms with Crippen molar-refractivity contribution < 1.29 is 18.4 Å². The Hall–Kier alpha value is -3.17. The second-order valence-electron chi connectivity index (χ2n) is 10.4. The van der Waals surface area contributed by atoms with Gasteiger partial charge in [0, 0.05) is 43.3 Å². The van der Waals surface area contributed by atoms with Gasteiger partial charge in [0.2, 0.25) is 5.91 Å². The number of unbranched alkanes of at least 4 members (excludes halogenated alkanes) is 1. The maximum Gasteiger partial charge on any atom is 0.220 e. The largest absolute Gasteiger partial charge is 0.349 e. The molecule has 0 radical (unpaired) electrons. The van der Waals surface area contributed by atoms with Crippen LogP contribution in [0.4, 0.5) is 8.78 Å². The van der Waals surface area contributed by atoms with E-state index in [-0.39, 0.29) is 23.5 Å². The molecule has 6 rings (SSSR count). The third-order valence-electron chi connectivity index (χ3n) is 7.73. The first-order valence-electron chi connectivity index (χ1n) is 13.3. The zero-order chi connectivity index (χ0) is 26.2. The quantitative estimate of drug-likeness (QED) is 0.219. The molecule has 0 saturated carbocycles. The van der Waals surface area contributed by atoms with E-state index in [1.807, 2.05) is 34.9 Å². The lowest BCUT2D eigenvalue weighted by Crippen LogP contribution is -2.35. The molecule has 38 heavy (non-hydrogen) atoms.